The highest BCUT2D eigenvalue weighted by molar-refractivity contribution is 7.18. The van der Waals surface area contributed by atoms with Crippen molar-refractivity contribution < 1.29 is 14.6 Å². The summed E-state index contributed by atoms with van der Waals surface area (Å²) in [7, 11) is 0. The van der Waals surface area contributed by atoms with Crippen molar-refractivity contribution in [1.29, 1.82) is 0 Å². The van der Waals surface area contributed by atoms with Crippen molar-refractivity contribution in [2.24, 2.45) is 0 Å². The van der Waals surface area contributed by atoms with Gasteiger partial charge >= 0.3 is 5.97 Å². The lowest BCUT2D eigenvalue weighted by Crippen LogP contribution is -2.09. The number of carboxylic acids is 1. The number of hydrogen-bond acceptors (Lipinski definition) is 6. The number of carbonyl (C=O) groups is 1. The molecule has 0 saturated carbocycles. The van der Waals surface area contributed by atoms with Crippen molar-refractivity contribution in [1.82, 2.24) is 10.2 Å². The minimum atomic E-state index is -1.03. The number of carboxylic acid groups (broad SMARTS) is 1. The van der Waals surface area contributed by atoms with Crippen molar-refractivity contribution in [2.45, 2.75) is 0 Å². The zero-order valence-corrected chi connectivity index (χ0v) is 14.9. The zero-order valence-electron chi connectivity index (χ0n) is 12.6. The average Bonchev–Trinajstić information content (AvgIpc) is 3.05. The van der Waals surface area contributed by atoms with Crippen LogP contribution in [0.25, 0.3) is 10.6 Å². The smallest absolute Gasteiger partial charge is 0.341 e. The summed E-state index contributed by atoms with van der Waals surface area (Å²) in [5.41, 5.74) is 1.53. The van der Waals surface area contributed by atoms with Crippen LogP contribution in [0.3, 0.4) is 0 Å². The van der Waals surface area contributed by atoms with E-state index in [9.17, 15) is 4.79 Å². The Hall–Kier alpha value is -2.35. The van der Waals surface area contributed by atoms with Gasteiger partial charge in [-0.15, -0.1) is 10.2 Å². The molecule has 9 heteroatoms. The number of benzene rings is 2. The van der Waals surface area contributed by atoms with Gasteiger partial charge in [0.15, 0.2) is 6.61 Å². The van der Waals surface area contributed by atoms with E-state index in [4.69, 9.17) is 33.0 Å². The SMILES string of the molecule is O=C(O)COc1cccc(-c2nnc(Nc3ccc(Cl)c(Cl)c3)s2)c1. The minimum absolute atomic E-state index is 0.399. The molecular weight excluding hydrogens is 385 g/mol. The molecule has 2 N–H and O–H groups in total. The Kier molecular flexibility index (Phi) is 5.37. The van der Waals surface area contributed by atoms with Gasteiger partial charge in [0.1, 0.15) is 10.8 Å². The highest BCUT2D eigenvalue weighted by atomic mass is 35.5. The first-order valence-electron chi connectivity index (χ1n) is 7.02. The van der Waals surface area contributed by atoms with Gasteiger partial charge in [-0.1, -0.05) is 46.7 Å². The summed E-state index contributed by atoms with van der Waals surface area (Å²) in [6.45, 7) is -0.399. The zero-order chi connectivity index (χ0) is 17.8. The molecule has 0 aliphatic rings. The quantitative estimate of drug-likeness (QED) is 0.627. The Labute approximate surface area is 157 Å². The number of rotatable bonds is 6. The third kappa shape index (κ3) is 4.60. The lowest BCUT2D eigenvalue weighted by molar-refractivity contribution is -0.139. The molecular formula is C16H11Cl2N3O3S. The number of aromatic nitrogens is 2. The van der Waals surface area contributed by atoms with E-state index in [1.165, 1.54) is 11.3 Å². The molecule has 0 fully saturated rings. The minimum Gasteiger partial charge on any atom is -0.482 e. The summed E-state index contributed by atoms with van der Waals surface area (Å²) in [5.74, 6) is -0.580. The molecule has 0 unspecified atom stereocenters. The second-order valence-corrected chi connectivity index (χ2v) is 6.67. The van der Waals surface area contributed by atoms with E-state index < -0.39 is 12.6 Å². The molecule has 0 saturated heterocycles. The number of nitrogens with zero attached hydrogens (tertiary/aromatic N) is 2. The first kappa shape index (κ1) is 17.5. The van der Waals surface area contributed by atoms with Gasteiger partial charge in [0.2, 0.25) is 5.13 Å². The molecule has 0 bridgehead atoms. The highest BCUT2D eigenvalue weighted by Crippen LogP contribution is 2.32. The molecule has 1 heterocycles. The molecule has 2 aromatic carbocycles. The number of aliphatic carboxylic acids is 1. The fourth-order valence-corrected chi connectivity index (χ4v) is 3.01. The summed E-state index contributed by atoms with van der Waals surface area (Å²) in [5, 5.41) is 22.2. The Morgan fingerprint density at radius 1 is 1.16 bits per heavy atom. The van der Waals surface area contributed by atoms with Crippen LogP contribution < -0.4 is 10.1 Å². The molecule has 1 aromatic heterocycles. The maximum absolute atomic E-state index is 10.6. The van der Waals surface area contributed by atoms with Crippen LogP contribution in [0.15, 0.2) is 42.5 Å². The van der Waals surface area contributed by atoms with Crippen molar-refractivity contribution in [2.75, 3.05) is 11.9 Å². The number of halogens is 2. The number of hydrogen-bond donors (Lipinski definition) is 2. The average molecular weight is 396 g/mol. The van der Waals surface area contributed by atoms with E-state index in [2.05, 4.69) is 15.5 Å². The summed E-state index contributed by atoms with van der Waals surface area (Å²) in [6.07, 6.45) is 0. The van der Waals surface area contributed by atoms with Gasteiger partial charge in [-0.05, 0) is 30.3 Å². The molecule has 25 heavy (non-hydrogen) atoms. The first-order chi connectivity index (χ1) is 12.0. The third-order valence-electron chi connectivity index (χ3n) is 3.04. The normalized spacial score (nSPS) is 10.5. The summed E-state index contributed by atoms with van der Waals surface area (Å²) in [4.78, 5) is 10.6. The molecule has 0 aliphatic heterocycles. The Morgan fingerprint density at radius 2 is 2.00 bits per heavy atom. The standard InChI is InChI=1S/C16H11Cl2N3O3S/c17-12-5-4-10(7-13(12)18)19-16-21-20-15(25-16)9-2-1-3-11(6-9)24-8-14(22)23/h1-7H,8H2,(H,19,21)(H,22,23). The summed E-state index contributed by atoms with van der Waals surface area (Å²) < 4.78 is 5.17. The summed E-state index contributed by atoms with van der Waals surface area (Å²) >= 11 is 13.2. The van der Waals surface area contributed by atoms with Crippen LogP contribution in [-0.2, 0) is 4.79 Å². The Balaban J connectivity index is 1.75. The third-order valence-corrected chi connectivity index (χ3v) is 4.67. The second-order valence-electron chi connectivity index (χ2n) is 4.88. The van der Waals surface area contributed by atoms with Gasteiger partial charge in [-0.3, -0.25) is 0 Å². The second kappa shape index (κ2) is 7.69. The van der Waals surface area contributed by atoms with Crippen LogP contribution in [0.4, 0.5) is 10.8 Å². The Morgan fingerprint density at radius 3 is 2.76 bits per heavy atom. The lowest BCUT2D eigenvalue weighted by atomic mass is 10.2. The van der Waals surface area contributed by atoms with Crippen LogP contribution in [-0.4, -0.2) is 27.9 Å². The fourth-order valence-electron chi connectivity index (χ4n) is 1.95. The topological polar surface area (TPSA) is 84.3 Å². The molecule has 0 radical (unpaired) electrons. The van der Waals surface area contributed by atoms with E-state index in [0.29, 0.717) is 25.9 Å². The molecule has 6 nitrogen and oxygen atoms in total. The van der Waals surface area contributed by atoms with Crippen LogP contribution >= 0.6 is 34.5 Å². The van der Waals surface area contributed by atoms with Crippen molar-refractivity contribution in [3.05, 3.63) is 52.5 Å². The van der Waals surface area contributed by atoms with Gasteiger partial charge in [0.05, 0.1) is 10.0 Å². The number of ether oxygens (including phenoxy) is 1. The molecule has 0 spiro atoms. The molecule has 0 atom stereocenters. The van der Waals surface area contributed by atoms with Crippen LogP contribution in [0.1, 0.15) is 0 Å². The van der Waals surface area contributed by atoms with Gasteiger partial charge in [-0.25, -0.2) is 4.79 Å². The van der Waals surface area contributed by atoms with Gasteiger partial charge in [-0.2, -0.15) is 0 Å². The summed E-state index contributed by atoms with van der Waals surface area (Å²) in [6, 6.07) is 12.2. The van der Waals surface area contributed by atoms with E-state index >= 15 is 0 Å². The van der Waals surface area contributed by atoms with Crippen molar-refractivity contribution in [3.8, 4) is 16.3 Å². The lowest BCUT2D eigenvalue weighted by Gasteiger charge is -2.04. The fraction of sp³-hybridized carbons (Fsp3) is 0.0625. The Bertz CT molecular complexity index is 917. The molecule has 0 amide bonds. The van der Waals surface area contributed by atoms with E-state index in [1.807, 2.05) is 6.07 Å². The monoisotopic (exact) mass is 395 g/mol. The van der Waals surface area contributed by atoms with Gasteiger partial charge in [0, 0.05) is 11.3 Å². The largest absolute Gasteiger partial charge is 0.482 e. The maximum atomic E-state index is 10.6. The predicted octanol–water partition coefficient (Wildman–Crippen LogP) is 4.72. The molecule has 3 rings (SSSR count). The number of anilines is 2. The maximum Gasteiger partial charge on any atom is 0.341 e. The van der Waals surface area contributed by atoms with Crippen LogP contribution in [0, 0.1) is 0 Å². The number of nitrogens with one attached hydrogen (secondary N) is 1. The molecule has 3 aromatic rings. The first-order valence-corrected chi connectivity index (χ1v) is 8.59. The van der Waals surface area contributed by atoms with Gasteiger partial charge < -0.3 is 15.2 Å². The van der Waals surface area contributed by atoms with E-state index in [0.717, 1.165) is 11.3 Å². The molecule has 0 aliphatic carbocycles. The van der Waals surface area contributed by atoms with Crippen molar-refractivity contribution >= 4 is 51.3 Å². The van der Waals surface area contributed by atoms with E-state index in [-0.39, 0.29) is 0 Å². The molecule has 128 valence electrons. The predicted molar refractivity (Wildman–Crippen MR) is 98.2 cm³/mol. The van der Waals surface area contributed by atoms with Crippen LogP contribution in [0.5, 0.6) is 5.75 Å². The van der Waals surface area contributed by atoms with Crippen molar-refractivity contribution in [3.63, 3.8) is 0 Å². The van der Waals surface area contributed by atoms with Gasteiger partial charge in [0.25, 0.3) is 0 Å². The van der Waals surface area contributed by atoms with E-state index in [1.54, 1.807) is 36.4 Å². The van der Waals surface area contributed by atoms with Crippen LogP contribution in [0.2, 0.25) is 10.0 Å². The highest BCUT2D eigenvalue weighted by Gasteiger charge is 2.09.